The molecule has 0 saturated heterocycles. The number of ether oxygens (including phenoxy) is 1. The Labute approximate surface area is 186 Å². The Morgan fingerprint density at radius 3 is 1.74 bits per heavy atom. The molecule has 3 N–H and O–H groups in total. The number of carboxylic acids is 1. The van der Waals surface area contributed by atoms with Crippen LogP contribution in [0, 0.1) is 0 Å². The number of carbonyl (C=O) groups excluding carboxylic acids is 1. The zero-order chi connectivity index (χ0) is 23.8. The number of hydrogen-bond donors (Lipinski definition) is 2. The monoisotopic (exact) mass is 428 g/mol. The van der Waals surface area contributed by atoms with E-state index in [0.717, 1.165) is 10.5 Å². The Balaban J connectivity index is 0.000000442. The van der Waals surface area contributed by atoms with Gasteiger partial charge in [0.05, 0.1) is 0 Å². The minimum Gasteiger partial charge on any atom is -0.480 e. The maximum Gasteiger partial charge on any atom is 0.410 e. The topological polar surface area (TPSA) is 92.9 Å². The lowest BCUT2D eigenvalue weighted by atomic mass is 9.77. The van der Waals surface area contributed by atoms with E-state index in [4.69, 9.17) is 10.5 Å². The first-order valence-corrected chi connectivity index (χ1v) is 10.3. The zero-order valence-corrected chi connectivity index (χ0v) is 19.6. The summed E-state index contributed by atoms with van der Waals surface area (Å²) in [6.07, 6.45) is -0.649. The van der Waals surface area contributed by atoms with Gasteiger partial charge in [0.2, 0.25) is 0 Å². The van der Waals surface area contributed by atoms with Crippen LogP contribution in [0.15, 0.2) is 60.7 Å². The second-order valence-corrected chi connectivity index (χ2v) is 9.12. The van der Waals surface area contributed by atoms with E-state index in [1.54, 1.807) is 20.8 Å². The van der Waals surface area contributed by atoms with E-state index in [1.165, 1.54) is 12.6 Å². The van der Waals surface area contributed by atoms with Gasteiger partial charge >= 0.3 is 12.1 Å². The highest BCUT2D eigenvalue weighted by atomic mass is 16.6. The fourth-order valence-corrected chi connectivity index (χ4v) is 3.18. The number of amides is 1. The van der Waals surface area contributed by atoms with Crippen molar-refractivity contribution in [1.82, 2.24) is 4.90 Å². The quantitative estimate of drug-likeness (QED) is 0.700. The summed E-state index contributed by atoms with van der Waals surface area (Å²) in [6.45, 7) is 10.8. The standard InChI is InChI=1S/C17H25NO4.C8H11N/c1-16(2,3)22-15(21)18(6)13(14(19)20)17(4,5)12-10-8-7-9-11-12;1-7(9)8-5-3-2-4-6-8/h7-11,13H,1-6H3,(H,19,20);2-7H,9H2,1H3. The molecule has 0 bridgehead atoms. The van der Waals surface area contributed by atoms with Gasteiger partial charge in [0.15, 0.2) is 0 Å². The molecule has 2 aromatic rings. The van der Waals surface area contributed by atoms with Gasteiger partial charge in [0.25, 0.3) is 0 Å². The fourth-order valence-electron chi connectivity index (χ4n) is 3.18. The predicted octanol–water partition coefficient (Wildman–Crippen LogP) is 4.99. The summed E-state index contributed by atoms with van der Waals surface area (Å²) in [5.41, 5.74) is 6.21. The first-order chi connectivity index (χ1) is 14.3. The molecule has 2 atom stereocenters. The molecule has 1 amide bonds. The summed E-state index contributed by atoms with van der Waals surface area (Å²) in [6, 6.07) is 18.5. The van der Waals surface area contributed by atoms with Gasteiger partial charge in [-0.3, -0.25) is 4.90 Å². The number of nitrogens with zero attached hydrogens (tertiary/aromatic N) is 1. The number of likely N-dealkylation sites (N-methyl/N-ethyl adjacent to an activating group) is 1. The molecule has 0 fully saturated rings. The minimum absolute atomic E-state index is 0.159. The highest BCUT2D eigenvalue weighted by Crippen LogP contribution is 2.31. The van der Waals surface area contributed by atoms with Crippen molar-refractivity contribution >= 4 is 12.1 Å². The number of rotatable bonds is 5. The number of hydrogen-bond acceptors (Lipinski definition) is 4. The molecule has 0 aliphatic heterocycles. The van der Waals surface area contributed by atoms with Gasteiger partial charge in [-0.1, -0.05) is 74.5 Å². The molecular weight excluding hydrogens is 392 g/mol. The van der Waals surface area contributed by atoms with Gasteiger partial charge in [0, 0.05) is 18.5 Å². The third kappa shape index (κ3) is 8.06. The second kappa shape index (κ2) is 11.0. The summed E-state index contributed by atoms with van der Waals surface area (Å²) < 4.78 is 5.29. The summed E-state index contributed by atoms with van der Waals surface area (Å²) in [7, 11) is 1.46. The summed E-state index contributed by atoms with van der Waals surface area (Å²) >= 11 is 0. The van der Waals surface area contributed by atoms with Crippen LogP contribution in [0.25, 0.3) is 0 Å². The second-order valence-electron chi connectivity index (χ2n) is 9.12. The van der Waals surface area contributed by atoms with Crippen LogP contribution >= 0.6 is 0 Å². The maximum absolute atomic E-state index is 12.2. The van der Waals surface area contributed by atoms with Crippen molar-refractivity contribution in [1.29, 1.82) is 0 Å². The minimum atomic E-state index is -1.07. The van der Waals surface area contributed by atoms with Gasteiger partial charge in [0.1, 0.15) is 11.6 Å². The molecule has 2 aromatic carbocycles. The van der Waals surface area contributed by atoms with Crippen LogP contribution in [-0.4, -0.2) is 40.8 Å². The SMILES string of the molecule is CC(N)c1ccccc1.CN(C(=O)OC(C)(C)C)C(C(=O)O)C(C)(C)c1ccccc1. The van der Waals surface area contributed by atoms with Gasteiger partial charge in [-0.25, -0.2) is 9.59 Å². The van der Waals surface area contributed by atoms with Crippen molar-refractivity contribution in [2.24, 2.45) is 5.73 Å². The predicted molar refractivity (Wildman–Crippen MR) is 124 cm³/mol. The van der Waals surface area contributed by atoms with E-state index in [9.17, 15) is 14.7 Å². The Hall–Kier alpha value is -2.86. The maximum atomic E-state index is 12.2. The largest absolute Gasteiger partial charge is 0.480 e. The zero-order valence-electron chi connectivity index (χ0n) is 19.6. The lowest BCUT2D eigenvalue weighted by molar-refractivity contribution is -0.145. The van der Waals surface area contributed by atoms with E-state index in [0.29, 0.717) is 0 Å². The summed E-state index contributed by atoms with van der Waals surface area (Å²) in [5.74, 6) is -1.07. The van der Waals surface area contributed by atoms with Crippen LogP contribution in [-0.2, 0) is 14.9 Å². The first-order valence-electron chi connectivity index (χ1n) is 10.3. The molecule has 31 heavy (non-hydrogen) atoms. The van der Waals surface area contributed by atoms with Crippen molar-refractivity contribution in [3.05, 3.63) is 71.8 Å². The Morgan fingerprint density at radius 1 is 0.935 bits per heavy atom. The average molecular weight is 429 g/mol. The lowest BCUT2D eigenvalue weighted by Crippen LogP contribution is -2.54. The number of carbonyl (C=O) groups is 2. The Bertz CT molecular complexity index is 828. The normalized spacial score (nSPS) is 13.3. The van der Waals surface area contributed by atoms with Crippen molar-refractivity contribution in [3.63, 3.8) is 0 Å². The third-order valence-corrected chi connectivity index (χ3v) is 4.83. The molecular formula is C25H36N2O4. The van der Waals surface area contributed by atoms with E-state index in [-0.39, 0.29) is 6.04 Å². The number of nitrogens with two attached hydrogens (primary N) is 1. The van der Waals surface area contributed by atoms with E-state index in [2.05, 4.69) is 0 Å². The lowest BCUT2D eigenvalue weighted by Gasteiger charge is -2.38. The highest BCUT2D eigenvalue weighted by Gasteiger charge is 2.42. The molecule has 6 heteroatoms. The van der Waals surface area contributed by atoms with Crippen LogP contribution in [0.3, 0.4) is 0 Å². The number of carboxylic acid groups (broad SMARTS) is 1. The fraction of sp³-hybridized carbons (Fsp3) is 0.440. The molecule has 0 radical (unpaired) electrons. The van der Waals surface area contributed by atoms with Crippen molar-refractivity contribution in [2.75, 3.05) is 7.05 Å². The van der Waals surface area contributed by atoms with Crippen LogP contribution in [0.1, 0.15) is 58.7 Å². The number of aliphatic carboxylic acids is 1. The van der Waals surface area contributed by atoms with Gasteiger partial charge in [-0.05, 0) is 38.8 Å². The van der Waals surface area contributed by atoms with E-state index >= 15 is 0 Å². The van der Waals surface area contributed by atoms with Crippen LogP contribution < -0.4 is 5.73 Å². The molecule has 170 valence electrons. The summed E-state index contributed by atoms with van der Waals surface area (Å²) in [4.78, 5) is 25.2. The van der Waals surface area contributed by atoms with E-state index < -0.39 is 29.1 Å². The smallest absolute Gasteiger partial charge is 0.410 e. The first kappa shape index (κ1) is 26.2. The molecule has 2 unspecified atom stereocenters. The van der Waals surface area contributed by atoms with Crippen LogP contribution in [0.5, 0.6) is 0 Å². The average Bonchev–Trinajstić information content (AvgIpc) is 2.68. The Morgan fingerprint density at radius 2 is 1.39 bits per heavy atom. The van der Waals surface area contributed by atoms with Gasteiger partial charge < -0.3 is 15.6 Å². The highest BCUT2D eigenvalue weighted by molar-refractivity contribution is 5.82. The molecule has 2 rings (SSSR count). The van der Waals surface area contributed by atoms with Crippen molar-refractivity contribution in [2.45, 2.75) is 64.6 Å². The molecule has 0 heterocycles. The Kier molecular flexibility index (Phi) is 9.25. The molecule has 0 aromatic heterocycles. The van der Waals surface area contributed by atoms with Gasteiger partial charge in [-0.2, -0.15) is 0 Å². The van der Waals surface area contributed by atoms with Crippen LogP contribution in [0.4, 0.5) is 4.79 Å². The molecule has 0 spiro atoms. The molecule has 0 aliphatic carbocycles. The molecule has 6 nitrogen and oxygen atoms in total. The van der Waals surface area contributed by atoms with E-state index in [1.807, 2.05) is 81.4 Å². The molecule has 0 saturated carbocycles. The van der Waals surface area contributed by atoms with Crippen molar-refractivity contribution in [3.8, 4) is 0 Å². The van der Waals surface area contributed by atoms with Crippen LogP contribution in [0.2, 0.25) is 0 Å². The van der Waals surface area contributed by atoms with Gasteiger partial charge in [-0.15, -0.1) is 0 Å². The molecule has 0 aliphatic rings. The van der Waals surface area contributed by atoms with Crippen molar-refractivity contribution < 1.29 is 19.4 Å². The number of benzene rings is 2. The summed E-state index contributed by atoms with van der Waals surface area (Å²) in [5, 5.41) is 9.64. The third-order valence-electron chi connectivity index (χ3n) is 4.83.